The molecule has 0 atom stereocenters. The Bertz CT molecular complexity index is 367. The van der Waals surface area contributed by atoms with Crippen LogP contribution >= 0.6 is 0 Å². The molecule has 0 aromatic carbocycles. The number of pyridine rings is 1. The topological polar surface area (TPSA) is 54.5 Å². The van der Waals surface area contributed by atoms with Gasteiger partial charge in [-0.2, -0.15) is 0 Å². The minimum Gasteiger partial charge on any atom is -0.465 e. The predicted octanol–water partition coefficient (Wildman–Crippen LogP) is 1.23. The molecule has 1 rings (SSSR count). The number of aromatic nitrogens is 1. The first-order valence-electron chi connectivity index (χ1n) is 5.57. The Kier molecular flexibility index (Phi) is 5.42. The molecule has 1 heterocycles. The van der Waals surface area contributed by atoms with Crippen LogP contribution in [0.15, 0.2) is 18.3 Å². The van der Waals surface area contributed by atoms with Crippen molar-refractivity contribution in [1.29, 1.82) is 0 Å². The highest BCUT2D eigenvalue weighted by atomic mass is 16.5. The van der Waals surface area contributed by atoms with Crippen LogP contribution in [0.25, 0.3) is 0 Å². The highest BCUT2D eigenvalue weighted by molar-refractivity contribution is 5.94. The fourth-order valence-corrected chi connectivity index (χ4v) is 1.42. The van der Waals surface area contributed by atoms with Crippen molar-refractivity contribution in [2.45, 2.75) is 6.42 Å². The number of nitrogens with zero attached hydrogens (tertiary/aromatic N) is 2. The van der Waals surface area contributed by atoms with Gasteiger partial charge in [0.1, 0.15) is 11.4 Å². The van der Waals surface area contributed by atoms with Crippen LogP contribution in [0.1, 0.15) is 16.8 Å². The third-order valence-electron chi connectivity index (χ3n) is 2.29. The molecule has 1 N–H and O–H groups in total. The standard InChI is InChI=1S/C12H19N3O2/c1-15(2)9-5-8-14-11-10(12(16)17-3)6-4-7-13-11/h4,6-7H,5,8-9H2,1-3H3,(H,13,14). The lowest BCUT2D eigenvalue weighted by Gasteiger charge is -2.11. The minimum atomic E-state index is -0.367. The van der Waals surface area contributed by atoms with Gasteiger partial charge >= 0.3 is 5.97 Å². The summed E-state index contributed by atoms with van der Waals surface area (Å²) in [6.45, 7) is 1.77. The van der Waals surface area contributed by atoms with E-state index in [1.165, 1.54) is 7.11 Å². The Hall–Kier alpha value is -1.62. The van der Waals surface area contributed by atoms with Crippen LogP contribution in [0.4, 0.5) is 5.82 Å². The molecule has 0 bridgehead atoms. The van der Waals surface area contributed by atoms with Gasteiger partial charge < -0.3 is 15.0 Å². The molecule has 0 radical (unpaired) electrons. The number of anilines is 1. The summed E-state index contributed by atoms with van der Waals surface area (Å²) in [4.78, 5) is 17.7. The third kappa shape index (κ3) is 4.40. The number of ether oxygens (including phenoxy) is 1. The molecule has 17 heavy (non-hydrogen) atoms. The molecule has 1 aromatic rings. The van der Waals surface area contributed by atoms with Gasteiger partial charge in [0, 0.05) is 12.7 Å². The number of methoxy groups -OCH3 is 1. The average molecular weight is 237 g/mol. The Labute approximate surface area is 102 Å². The SMILES string of the molecule is COC(=O)c1cccnc1NCCCN(C)C. The molecule has 94 valence electrons. The molecule has 1 aromatic heterocycles. The van der Waals surface area contributed by atoms with Crippen molar-refractivity contribution < 1.29 is 9.53 Å². The average Bonchev–Trinajstić information content (AvgIpc) is 2.34. The molecule has 0 saturated heterocycles. The molecule has 0 aliphatic rings. The summed E-state index contributed by atoms with van der Waals surface area (Å²) in [7, 11) is 5.42. The zero-order valence-electron chi connectivity index (χ0n) is 10.6. The summed E-state index contributed by atoms with van der Waals surface area (Å²) in [5.41, 5.74) is 0.472. The fraction of sp³-hybridized carbons (Fsp3) is 0.500. The van der Waals surface area contributed by atoms with Crippen molar-refractivity contribution in [3.8, 4) is 0 Å². The largest absolute Gasteiger partial charge is 0.465 e. The van der Waals surface area contributed by atoms with Crippen LogP contribution in [0.5, 0.6) is 0 Å². The first-order chi connectivity index (χ1) is 8.15. The maximum Gasteiger partial charge on any atom is 0.341 e. The van der Waals surface area contributed by atoms with E-state index in [0.29, 0.717) is 11.4 Å². The first kappa shape index (κ1) is 13.4. The van der Waals surface area contributed by atoms with Gasteiger partial charge in [-0.1, -0.05) is 0 Å². The van der Waals surface area contributed by atoms with E-state index in [1.807, 2.05) is 14.1 Å². The lowest BCUT2D eigenvalue weighted by Crippen LogP contribution is -2.17. The van der Waals surface area contributed by atoms with Crippen LogP contribution in [0, 0.1) is 0 Å². The zero-order valence-corrected chi connectivity index (χ0v) is 10.6. The van der Waals surface area contributed by atoms with E-state index >= 15 is 0 Å². The van der Waals surface area contributed by atoms with Crippen molar-refractivity contribution in [1.82, 2.24) is 9.88 Å². The maximum absolute atomic E-state index is 11.5. The highest BCUT2D eigenvalue weighted by Gasteiger charge is 2.11. The van der Waals surface area contributed by atoms with Crippen LogP contribution < -0.4 is 5.32 Å². The molecule has 0 saturated carbocycles. The third-order valence-corrected chi connectivity index (χ3v) is 2.29. The normalized spacial score (nSPS) is 10.4. The van der Waals surface area contributed by atoms with Gasteiger partial charge in [-0.15, -0.1) is 0 Å². The van der Waals surface area contributed by atoms with E-state index in [1.54, 1.807) is 18.3 Å². The first-order valence-corrected chi connectivity index (χ1v) is 5.57. The maximum atomic E-state index is 11.5. The molecule has 5 nitrogen and oxygen atoms in total. The van der Waals surface area contributed by atoms with Crippen molar-refractivity contribution in [2.75, 3.05) is 39.6 Å². The fourth-order valence-electron chi connectivity index (χ4n) is 1.42. The van der Waals surface area contributed by atoms with Crippen molar-refractivity contribution >= 4 is 11.8 Å². The lowest BCUT2D eigenvalue weighted by atomic mass is 10.2. The second-order valence-electron chi connectivity index (χ2n) is 3.97. The quantitative estimate of drug-likeness (QED) is 0.596. The summed E-state index contributed by atoms with van der Waals surface area (Å²) in [5.74, 6) is 0.214. The molecule has 0 fully saturated rings. The summed E-state index contributed by atoms with van der Waals surface area (Å²) >= 11 is 0. The van der Waals surface area contributed by atoms with Crippen molar-refractivity contribution in [2.24, 2.45) is 0 Å². The number of carbonyl (C=O) groups is 1. The lowest BCUT2D eigenvalue weighted by molar-refractivity contribution is 0.0601. The molecule has 0 aliphatic heterocycles. The van der Waals surface area contributed by atoms with Gasteiger partial charge in [0.25, 0.3) is 0 Å². The van der Waals surface area contributed by atoms with Crippen LogP contribution in [0.3, 0.4) is 0 Å². The number of hydrogen-bond acceptors (Lipinski definition) is 5. The zero-order chi connectivity index (χ0) is 12.7. The Morgan fingerprint density at radius 3 is 2.94 bits per heavy atom. The van der Waals surface area contributed by atoms with Crippen LogP contribution in [-0.2, 0) is 4.74 Å². The Morgan fingerprint density at radius 1 is 1.53 bits per heavy atom. The predicted molar refractivity (Wildman–Crippen MR) is 67.2 cm³/mol. The molecule has 0 spiro atoms. The number of carbonyl (C=O) groups excluding carboxylic acids is 1. The molecular formula is C12H19N3O2. The van der Waals surface area contributed by atoms with E-state index < -0.39 is 0 Å². The molecule has 5 heteroatoms. The van der Waals surface area contributed by atoms with Gasteiger partial charge in [-0.05, 0) is 39.2 Å². The van der Waals surface area contributed by atoms with E-state index in [2.05, 4.69) is 15.2 Å². The molecular weight excluding hydrogens is 218 g/mol. The van der Waals surface area contributed by atoms with Gasteiger partial charge in [-0.25, -0.2) is 9.78 Å². The van der Waals surface area contributed by atoms with Crippen molar-refractivity contribution in [3.63, 3.8) is 0 Å². The van der Waals surface area contributed by atoms with E-state index in [0.717, 1.165) is 19.5 Å². The highest BCUT2D eigenvalue weighted by Crippen LogP contribution is 2.12. The second-order valence-corrected chi connectivity index (χ2v) is 3.97. The Balaban J connectivity index is 2.55. The molecule has 0 unspecified atom stereocenters. The van der Waals surface area contributed by atoms with Gasteiger partial charge in [0.15, 0.2) is 0 Å². The van der Waals surface area contributed by atoms with E-state index in [-0.39, 0.29) is 5.97 Å². The number of esters is 1. The summed E-state index contributed by atoms with van der Waals surface area (Å²) in [5, 5.41) is 3.15. The summed E-state index contributed by atoms with van der Waals surface area (Å²) in [6.07, 6.45) is 2.64. The smallest absolute Gasteiger partial charge is 0.341 e. The van der Waals surface area contributed by atoms with Gasteiger partial charge in [-0.3, -0.25) is 0 Å². The monoisotopic (exact) mass is 237 g/mol. The summed E-state index contributed by atoms with van der Waals surface area (Å²) < 4.78 is 4.69. The summed E-state index contributed by atoms with van der Waals surface area (Å²) in [6, 6.07) is 3.42. The minimum absolute atomic E-state index is 0.367. The Morgan fingerprint density at radius 2 is 2.29 bits per heavy atom. The number of rotatable bonds is 6. The van der Waals surface area contributed by atoms with Crippen LogP contribution in [0.2, 0.25) is 0 Å². The second kappa shape index (κ2) is 6.85. The molecule has 0 amide bonds. The number of hydrogen-bond donors (Lipinski definition) is 1. The van der Waals surface area contributed by atoms with Crippen LogP contribution in [-0.4, -0.2) is 50.1 Å². The van der Waals surface area contributed by atoms with Gasteiger partial charge in [0.2, 0.25) is 0 Å². The van der Waals surface area contributed by atoms with E-state index in [4.69, 9.17) is 4.74 Å². The van der Waals surface area contributed by atoms with Gasteiger partial charge in [0.05, 0.1) is 7.11 Å². The number of nitrogens with one attached hydrogen (secondary N) is 1. The molecule has 0 aliphatic carbocycles. The van der Waals surface area contributed by atoms with Crippen molar-refractivity contribution in [3.05, 3.63) is 23.9 Å². The van der Waals surface area contributed by atoms with E-state index in [9.17, 15) is 4.79 Å².